The minimum Gasteiger partial charge on any atom is -0.495 e. The van der Waals surface area contributed by atoms with E-state index in [-0.39, 0.29) is 30.8 Å². The first kappa shape index (κ1) is 28.4. The molecule has 3 heterocycles. The zero-order chi connectivity index (χ0) is 27.8. The standard InChI is InChI=1S/C28H37ClN2O7/c1-16-8-7-9-22(36-6)28(34)15-21(37-26(33)30-28)17(2)25-27(3,38-25)11-10-23(32)31(4)19-13-18(12-16)14-20(35-5)24(19)29/h7-9,13-14,17,21-22,25,34H,10-12,15H2,1-6H3,(H,30,33)/b9-7+,16-8+/t17-,21?,22-,25+,27+,28+/m1/s1. The van der Waals surface area contributed by atoms with Gasteiger partial charge in [0.25, 0.3) is 0 Å². The number of rotatable bonds is 2. The summed E-state index contributed by atoms with van der Waals surface area (Å²) in [6.07, 6.45) is 4.46. The first-order chi connectivity index (χ1) is 17.9. The Labute approximate surface area is 228 Å². The summed E-state index contributed by atoms with van der Waals surface area (Å²) in [6.45, 7) is 5.85. The van der Waals surface area contributed by atoms with Gasteiger partial charge in [-0.3, -0.25) is 10.1 Å². The summed E-state index contributed by atoms with van der Waals surface area (Å²) in [6, 6.07) is 3.76. The molecular weight excluding hydrogens is 512 g/mol. The molecule has 3 aliphatic heterocycles. The molecule has 0 radical (unpaired) electrons. The van der Waals surface area contributed by atoms with Gasteiger partial charge >= 0.3 is 6.09 Å². The van der Waals surface area contributed by atoms with Gasteiger partial charge in [-0.2, -0.15) is 0 Å². The zero-order valence-corrected chi connectivity index (χ0v) is 23.5. The van der Waals surface area contributed by atoms with Crippen molar-refractivity contribution in [3.63, 3.8) is 0 Å². The van der Waals surface area contributed by atoms with Gasteiger partial charge in [0.05, 0.1) is 24.5 Å². The molecule has 0 aromatic heterocycles. The normalized spacial score (nSPS) is 36.3. The molecule has 208 valence electrons. The van der Waals surface area contributed by atoms with Crippen LogP contribution in [0.2, 0.25) is 5.02 Å². The van der Waals surface area contributed by atoms with Crippen LogP contribution in [0.15, 0.2) is 35.9 Å². The van der Waals surface area contributed by atoms with Crippen LogP contribution in [0.3, 0.4) is 0 Å². The fourth-order valence-corrected chi connectivity index (χ4v) is 5.78. The number of allylic oxidation sites excluding steroid dienone is 3. The van der Waals surface area contributed by atoms with Crippen molar-refractivity contribution in [1.82, 2.24) is 5.32 Å². The minimum atomic E-state index is -1.66. The Morgan fingerprint density at radius 2 is 2.00 bits per heavy atom. The topological polar surface area (TPSA) is 110 Å². The molecule has 0 saturated carbocycles. The number of ether oxygens (including phenoxy) is 4. The highest BCUT2D eigenvalue weighted by molar-refractivity contribution is 6.35. The van der Waals surface area contributed by atoms with Crippen molar-refractivity contribution in [2.45, 2.75) is 76.1 Å². The Kier molecular flexibility index (Phi) is 8.14. The van der Waals surface area contributed by atoms with Crippen LogP contribution in [0, 0.1) is 5.92 Å². The molecule has 3 aliphatic rings. The number of carbonyl (C=O) groups excluding carboxylic acids is 2. The van der Waals surface area contributed by atoms with Crippen molar-refractivity contribution in [2.24, 2.45) is 5.92 Å². The number of carbonyl (C=O) groups is 2. The molecule has 2 N–H and O–H groups in total. The number of hydrogen-bond donors (Lipinski definition) is 2. The Balaban J connectivity index is 1.71. The Hall–Kier alpha value is -2.59. The number of fused-ring (bicyclic) bond motifs is 5. The van der Waals surface area contributed by atoms with Crippen LogP contribution < -0.4 is 15.0 Å². The number of alkyl carbamates (subject to hydrolysis) is 1. The lowest BCUT2D eigenvalue weighted by Gasteiger charge is -2.42. The van der Waals surface area contributed by atoms with Gasteiger partial charge in [0, 0.05) is 32.9 Å². The molecule has 1 unspecified atom stereocenters. The second kappa shape index (κ2) is 10.9. The van der Waals surface area contributed by atoms with Crippen LogP contribution in [0.1, 0.15) is 45.6 Å². The van der Waals surface area contributed by atoms with E-state index in [1.165, 1.54) is 7.11 Å². The molecule has 0 aliphatic carbocycles. The number of nitrogens with one attached hydrogen (secondary N) is 1. The maximum atomic E-state index is 13.2. The predicted octanol–water partition coefficient (Wildman–Crippen LogP) is 4.15. The lowest BCUT2D eigenvalue weighted by Crippen LogP contribution is -2.63. The third-order valence-corrected chi connectivity index (χ3v) is 8.22. The van der Waals surface area contributed by atoms with E-state index in [0.717, 1.165) is 11.1 Å². The molecule has 4 rings (SSSR count). The molecule has 2 amide bonds. The summed E-state index contributed by atoms with van der Waals surface area (Å²) in [4.78, 5) is 27.2. The van der Waals surface area contributed by atoms with Gasteiger partial charge in [-0.25, -0.2) is 4.79 Å². The van der Waals surface area contributed by atoms with Crippen LogP contribution in [0.25, 0.3) is 0 Å². The maximum Gasteiger partial charge on any atom is 0.409 e. The summed E-state index contributed by atoms with van der Waals surface area (Å²) in [5, 5.41) is 14.3. The van der Waals surface area contributed by atoms with Crippen molar-refractivity contribution in [3.8, 4) is 5.75 Å². The fourth-order valence-electron chi connectivity index (χ4n) is 5.46. The lowest BCUT2D eigenvalue weighted by molar-refractivity contribution is -0.142. The molecule has 2 saturated heterocycles. The largest absolute Gasteiger partial charge is 0.495 e. The fraction of sp³-hybridized carbons (Fsp3) is 0.571. The molecule has 2 fully saturated rings. The molecule has 6 atom stereocenters. The van der Waals surface area contributed by atoms with E-state index in [1.807, 2.05) is 39.0 Å². The number of aliphatic hydroxyl groups is 1. The molecule has 4 bridgehead atoms. The number of nitrogens with zero attached hydrogens (tertiary/aromatic N) is 1. The van der Waals surface area contributed by atoms with Crippen molar-refractivity contribution >= 4 is 29.3 Å². The first-order valence-electron chi connectivity index (χ1n) is 12.8. The molecule has 10 heteroatoms. The van der Waals surface area contributed by atoms with E-state index in [0.29, 0.717) is 29.3 Å². The minimum absolute atomic E-state index is 0.104. The summed E-state index contributed by atoms with van der Waals surface area (Å²) >= 11 is 6.61. The van der Waals surface area contributed by atoms with Crippen LogP contribution in [0.5, 0.6) is 5.75 Å². The summed E-state index contributed by atoms with van der Waals surface area (Å²) in [5.74, 6) is 0.170. The number of hydrogen-bond acceptors (Lipinski definition) is 7. The highest BCUT2D eigenvalue weighted by atomic mass is 35.5. The van der Waals surface area contributed by atoms with E-state index < -0.39 is 29.6 Å². The smallest absolute Gasteiger partial charge is 0.409 e. The highest BCUT2D eigenvalue weighted by Crippen LogP contribution is 2.48. The number of methoxy groups -OCH3 is 2. The molecule has 0 spiro atoms. The average Bonchev–Trinajstić information content (AvgIpc) is 3.55. The molecule has 1 aromatic rings. The Morgan fingerprint density at radius 3 is 2.68 bits per heavy atom. The van der Waals surface area contributed by atoms with E-state index >= 15 is 0 Å². The zero-order valence-electron chi connectivity index (χ0n) is 22.7. The molecular formula is C28H37ClN2O7. The van der Waals surface area contributed by atoms with E-state index in [9.17, 15) is 14.7 Å². The second-order valence-electron chi connectivity index (χ2n) is 10.7. The molecule has 38 heavy (non-hydrogen) atoms. The number of anilines is 1. The Bertz CT molecular complexity index is 1150. The number of epoxide rings is 1. The molecule has 9 nitrogen and oxygen atoms in total. The number of amides is 2. The van der Waals surface area contributed by atoms with Gasteiger partial charge in [-0.1, -0.05) is 42.3 Å². The maximum absolute atomic E-state index is 13.2. The van der Waals surface area contributed by atoms with Crippen LogP contribution in [-0.2, 0) is 25.4 Å². The van der Waals surface area contributed by atoms with E-state index in [2.05, 4.69) is 5.32 Å². The third-order valence-electron chi connectivity index (χ3n) is 7.84. The second-order valence-corrected chi connectivity index (χ2v) is 11.1. The van der Waals surface area contributed by atoms with Gasteiger partial charge in [0.15, 0.2) is 5.72 Å². The van der Waals surface area contributed by atoms with Gasteiger partial charge in [0.2, 0.25) is 5.91 Å². The predicted molar refractivity (Wildman–Crippen MR) is 143 cm³/mol. The monoisotopic (exact) mass is 548 g/mol. The summed E-state index contributed by atoms with van der Waals surface area (Å²) in [5.41, 5.74) is 0.297. The van der Waals surface area contributed by atoms with Crippen molar-refractivity contribution in [1.29, 1.82) is 0 Å². The van der Waals surface area contributed by atoms with E-state index in [4.69, 9.17) is 30.5 Å². The van der Waals surface area contributed by atoms with E-state index in [1.54, 1.807) is 31.2 Å². The van der Waals surface area contributed by atoms with Crippen LogP contribution >= 0.6 is 11.6 Å². The van der Waals surface area contributed by atoms with Crippen molar-refractivity contribution in [3.05, 3.63) is 46.5 Å². The van der Waals surface area contributed by atoms with Crippen LogP contribution in [-0.4, -0.2) is 68.0 Å². The lowest BCUT2D eigenvalue weighted by atomic mass is 9.84. The SMILES string of the molecule is COc1cc2cc(c1Cl)N(C)C(=O)CC[C@]1(C)O[C@H]1[C@H](C)C1C[C@@](O)(NC(=O)O1)[C@H](OC)/C=C/C=C(\C)C2. The van der Waals surface area contributed by atoms with Crippen LogP contribution in [0.4, 0.5) is 10.5 Å². The summed E-state index contributed by atoms with van der Waals surface area (Å²) < 4.78 is 22.7. The summed E-state index contributed by atoms with van der Waals surface area (Å²) in [7, 11) is 4.73. The highest BCUT2D eigenvalue weighted by Gasteiger charge is 2.58. The van der Waals surface area contributed by atoms with Gasteiger partial charge in [-0.15, -0.1) is 0 Å². The third kappa shape index (κ3) is 5.71. The number of halogens is 1. The average molecular weight is 549 g/mol. The quantitative estimate of drug-likeness (QED) is 0.534. The number of benzene rings is 1. The van der Waals surface area contributed by atoms with Gasteiger partial charge < -0.3 is 29.0 Å². The van der Waals surface area contributed by atoms with Gasteiger partial charge in [-0.05, 0) is 44.4 Å². The van der Waals surface area contributed by atoms with Crippen molar-refractivity contribution in [2.75, 3.05) is 26.2 Å². The first-order valence-corrected chi connectivity index (χ1v) is 13.2. The molecule has 1 aromatic carbocycles. The van der Waals surface area contributed by atoms with Gasteiger partial charge in [0.1, 0.15) is 23.0 Å². The van der Waals surface area contributed by atoms with Crippen molar-refractivity contribution < 1.29 is 33.6 Å². The Morgan fingerprint density at radius 1 is 1.26 bits per heavy atom.